The van der Waals surface area contributed by atoms with E-state index in [9.17, 15) is 0 Å². The third-order valence-electron chi connectivity index (χ3n) is 2.35. The van der Waals surface area contributed by atoms with Crippen LogP contribution in [0.4, 0.5) is 0 Å². The molecule has 1 rings (SSSR count). The van der Waals surface area contributed by atoms with Crippen LogP contribution in [0.5, 0.6) is 0 Å². The zero-order valence-electron chi connectivity index (χ0n) is 9.13. The van der Waals surface area contributed by atoms with E-state index in [1.54, 1.807) is 7.05 Å². The zero-order chi connectivity index (χ0) is 10.7. The molecule has 78 valence electrons. The standard InChI is InChI=1S/C9H17N5/c1-6-8(5-12-9(10)11-3)7(2)14(4)13-6/h5H2,1-4H3,(H3,10,11,12). The Morgan fingerprint density at radius 1 is 1.57 bits per heavy atom. The van der Waals surface area contributed by atoms with E-state index in [0.717, 1.165) is 11.4 Å². The number of hydrogen-bond donors (Lipinski definition) is 2. The molecular formula is C9H17N5. The number of aryl methyl sites for hydroxylation is 2. The quantitative estimate of drug-likeness (QED) is 0.518. The van der Waals surface area contributed by atoms with Crippen LogP contribution in [0.1, 0.15) is 17.0 Å². The van der Waals surface area contributed by atoms with Gasteiger partial charge in [-0.25, -0.2) is 0 Å². The van der Waals surface area contributed by atoms with Gasteiger partial charge >= 0.3 is 0 Å². The van der Waals surface area contributed by atoms with Gasteiger partial charge in [0, 0.05) is 31.9 Å². The van der Waals surface area contributed by atoms with Gasteiger partial charge in [-0.15, -0.1) is 0 Å². The van der Waals surface area contributed by atoms with Crippen LogP contribution in [0.2, 0.25) is 0 Å². The van der Waals surface area contributed by atoms with Gasteiger partial charge < -0.3 is 11.1 Å². The molecule has 1 aromatic heterocycles. The Hall–Kier alpha value is -1.52. The lowest BCUT2D eigenvalue weighted by atomic mass is 10.2. The van der Waals surface area contributed by atoms with Gasteiger partial charge in [0.2, 0.25) is 0 Å². The largest absolute Gasteiger partial charge is 0.370 e. The van der Waals surface area contributed by atoms with Crippen molar-refractivity contribution in [1.82, 2.24) is 15.1 Å². The zero-order valence-corrected chi connectivity index (χ0v) is 9.13. The second-order valence-corrected chi connectivity index (χ2v) is 3.24. The molecule has 0 atom stereocenters. The SMILES string of the molecule is CN=C(N)NCc1c(C)nn(C)c1C. The van der Waals surface area contributed by atoms with Crippen molar-refractivity contribution in [2.45, 2.75) is 20.4 Å². The van der Waals surface area contributed by atoms with Crippen LogP contribution in [-0.2, 0) is 13.6 Å². The molecule has 1 heterocycles. The summed E-state index contributed by atoms with van der Waals surface area (Å²) in [5.41, 5.74) is 8.90. The summed E-state index contributed by atoms with van der Waals surface area (Å²) in [5, 5.41) is 7.33. The maximum atomic E-state index is 5.54. The average Bonchev–Trinajstić information content (AvgIpc) is 2.39. The van der Waals surface area contributed by atoms with Gasteiger partial charge in [0.25, 0.3) is 0 Å². The van der Waals surface area contributed by atoms with Crippen LogP contribution < -0.4 is 11.1 Å². The monoisotopic (exact) mass is 195 g/mol. The molecule has 1 aromatic rings. The lowest BCUT2D eigenvalue weighted by Gasteiger charge is -2.04. The average molecular weight is 195 g/mol. The Bertz CT molecular complexity index is 350. The maximum absolute atomic E-state index is 5.54. The fourth-order valence-electron chi connectivity index (χ4n) is 1.33. The third kappa shape index (κ3) is 2.04. The number of hydrogen-bond acceptors (Lipinski definition) is 2. The Balaban J connectivity index is 2.76. The summed E-state index contributed by atoms with van der Waals surface area (Å²) in [6, 6.07) is 0. The molecule has 0 saturated heterocycles. The summed E-state index contributed by atoms with van der Waals surface area (Å²) in [5.74, 6) is 0.452. The van der Waals surface area contributed by atoms with Crippen molar-refractivity contribution in [3.8, 4) is 0 Å². The predicted octanol–water partition coefficient (Wildman–Crippen LogP) is 0.0710. The molecule has 0 saturated carbocycles. The fraction of sp³-hybridized carbons (Fsp3) is 0.556. The number of aromatic nitrogens is 2. The summed E-state index contributed by atoms with van der Waals surface area (Å²) in [6.45, 7) is 4.70. The summed E-state index contributed by atoms with van der Waals surface area (Å²) < 4.78 is 1.87. The highest BCUT2D eigenvalue weighted by Crippen LogP contribution is 2.10. The number of nitrogens with zero attached hydrogens (tertiary/aromatic N) is 3. The van der Waals surface area contributed by atoms with Crippen molar-refractivity contribution < 1.29 is 0 Å². The minimum atomic E-state index is 0.452. The molecule has 0 fully saturated rings. The van der Waals surface area contributed by atoms with E-state index in [0.29, 0.717) is 12.5 Å². The highest BCUT2D eigenvalue weighted by Gasteiger charge is 2.08. The van der Waals surface area contributed by atoms with Gasteiger partial charge in [0.05, 0.1) is 5.69 Å². The minimum Gasteiger partial charge on any atom is -0.370 e. The first-order valence-corrected chi connectivity index (χ1v) is 4.51. The minimum absolute atomic E-state index is 0.452. The highest BCUT2D eigenvalue weighted by atomic mass is 15.3. The van der Waals surface area contributed by atoms with Crippen molar-refractivity contribution in [1.29, 1.82) is 0 Å². The maximum Gasteiger partial charge on any atom is 0.188 e. The van der Waals surface area contributed by atoms with Crippen molar-refractivity contribution >= 4 is 5.96 Å². The Morgan fingerprint density at radius 3 is 2.64 bits per heavy atom. The van der Waals surface area contributed by atoms with Crippen molar-refractivity contribution in [2.75, 3.05) is 7.05 Å². The Morgan fingerprint density at radius 2 is 2.21 bits per heavy atom. The molecule has 0 aliphatic rings. The summed E-state index contributed by atoms with van der Waals surface area (Å²) in [4.78, 5) is 3.83. The first-order valence-electron chi connectivity index (χ1n) is 4.51. The van der Waals surface area contributed by atoms with Gasteiger partial charge in [-0.1, -0.05) is 0 Å². The summed E-state index contributed by atoms with van der Waals surface area (Å²) in [7, 11) is 3.59. The van der Waals surface area contributed by atoms with E-state index in [2.05, 4.69) is 15.4 Å². The molecule has 0 spiro atoms. The van der Waals surface area contributed by atoms with E-state index >= 15 is 0 Å². The highest BCUT2D eigenvalue weighted by molar-refractivity contribution is 5.77. The number of aliphatic imine (C=N–C) groups is 1. The number of nitrogens with one attached hydrogen (secondary N) is 1. The Kier molecular flexibility index (Phi) is 3.11. The molecule has 0 aromatic carbocycles. The molecule has 0 bridgehead atoms. The van der Waals surface area contributed by atoms with E-state index in [1.807, 2.05) is 25.6 Å². The van der Waals surface area contributed by atoms with Gasteiger partial charge in [-0.05, 0) is 13.8 Å². The number of rotatable bonds is 2. The van der Waals surface area contributed by atoms with Crippen LogP contribution in [0.25, 0.3) is 0 Å². The number of guanidine groups is 1. The molecule has 14 heavy (non-hydrogen) atoms. The molecule has 0 unspecified atom stereocenters. The molecule has 5 nitrogen and oxygen atoms in total. The van der Waals surface area contributed by atoms with Crippen LogP contribution in [0.15, 0.2) is 4.99 Å². The molecule has 5 heteroatoms. The van der Waals surface area contributed by atoms with Gasteiger partial charge in [0.1, 0.15) is 0 Å². The lowest BCUT2D eigenvalue weighted by Crippen LogP contribution is -2.31. The first-order chi connectivity index (χ1) is 6.56. The summed E-state index contributed by atoms with van der Waals surface area (Å²) >= 11 is 0. The normalized spacial score (nSPS) is 11.9. The summed E-state index contributed by atoms with van der Waals surface area (Å²) in [6.07, 6.45) is 0. The van der Waals surface area contributed by atoms with E-state index in [1.165, 1.54) is 5.56 Å². The van der Waals surface area contributed by atoms with Crippen LogP contribution in [0.3, 0.4) is 0 Å². The van der Waals surface area contributed by atoms with Crippen molar-refractivity contribution in [3.05, 3.63) is 17.0 Å². The molecule has 0 amide bonds. The topological polar surface area (TPSA) is 68.2 Å². The van der Waals surface area contributed by atoms with Crippen LogP contribution in [0, 0.1) is 13.8 Å². The van der Waals surface area contributed by atoms with E-state index < -0.39 is 0 Å². The first kappa shape index (κ1) is 10.6. The smallest absolute Gasteiger partial charge is 0.188 e. The predicted molar refractivity (Wildman–Crippen MR) is 57.1 cm³/mol. The second kappa shape index (κ2) is 4.13. The van der Waals surface area contributed by atoms with Crippen LogP contribution in [-0.4, -0.2) is 22.8 Å². The number of nitrogens with two attached hydrogens (primary N) is 1. The molecule has 0 aliphatic heterocycles. The van der Waals surface area contributed by atoms with Gasteiger partial charge in [-0.2, -0.15) is 5.10 Å². The van der Waals surface area contributed by atoms with Crippen molar-refractivity contribution in [3.63, 3.8) is 0 Å². The lowest BCUT2D eigenvalue weighted by molar-refractivity contribution is 0.729. The van der Waals surface area contributed by atoms with E-state index in [4.69, 9.17) is 5.73 Å². The van der Waals surface area contributed by atoms with E-state index in [-0.39, 0.29) is 0 Å². The molecule has 3 N–H and O–H groups in total. The Labute approximate surface area is 84.0 Å². The third-order valence-corrected chi connectivity index (χ3v) is 2.35. The molecule has 0 radical (unpaired) electrons. The van der Waals surface area contributed by atoms with Crippen molar-refractivity contribution in [2.24, 2.45) is 17.8 Å². The fourth-order valence-corrected chi connectivity index (χ4v) is 1.33. The molecule has 0 aliphatic carbocycles. The van der Waals surface area contributed by atoms with Gasteiger partial charge in [-0.3, -0.25) is 9.67 Å². The second-order valence-electron chi connectivity index (χ2n) is 3.24. The van der Waals surface area contributed by atoms with Gasteiger partial charge in [0.15, 0.2) is 5.96 Å². The molecular weight excluding hydrogens is 178 g/mol. The van der Waals surface area contributed by atoms with Crippen LogP contribution >= 0.6 is 0 Å².